The standard InChI is InChI=1S/C54H78P2/c1-13-37-27-47(28-38(14-2)51(37)21-9)55(48-29-39(15-3)52(22-10)40(16-4)30-48)35-45-25-26-46(45)36-56(49-31-41(17-5)53(23-11)42(18-6)32-49)50-33-43(19-7)54(24-12)44(20-8)34-50/h27-34,45-46H,13-26,35-36H2,1-12H3. The molecule has 0 N–H and O–H groups in total. The van der Waals surface area contributed by atoms with Crippen molar-refractivity contribution in [3.05, 3.63) is 115 Å². The minimum Gasteiger partial charge on any atom is -0.0613 e. The van der Waals surface area contributed by atoms with E-state index in [1.807, 2.05) is 0 Å². The molecule has 4 aromatic carbocycles. The van der Waals surface area contributed by atoms with Gasteiger partial charge in [-0.05, 0) is 218 Å². The third-order valence-electron chi connectivity index (χ3n) is 13.8. The fourth-order valence-electron chi connectivity index (χ4n) is 10.4. The molecule has 0 radical (unpaired) electrons. The number of benzene rings is 4. The molecular formula is C54H78P2. The molecule has 0 amide bonds. The van der Waals surface area contributed by atoms with Crippen LogP contribution < -0.4 is 21.2 Å². The topological polar surface area (TPSA) is 0 Å². The van der Waals surface area contributed by atoms with E-state index in [0.717, 1.165) is 88.9 Å². The van der Waals surface area contributed by atoms with Gasteiger partial charge < -0.3 is 0 Å². The maximum absolute atomic E-state index is 2.68. The summed E-state index contributed by atoms with van der Waals surface area (Å²) in [5, 5.41) is 6.60. The van der Waals surface area contributed by atoms with Gasteiger partial charge in [-0.1, -0.05) is 132 Å². The zero-order valence-corrected chi connectivity index (χ0v) is 39.8. The lowest BCUT2D eigenvalue weighted by Crippen LogP contribution is -2.35. The SMILES string of the molecule is CCc1cc(P(CC2CCC2CP(c2cc(CC)c(CC)c(CC)c2)c2cc(CC)c(CC)c(CC)c2)c2cc(CC)c(CC)c(CC)c2)cc(CC)c1CC. The molecule has 5 rings (SSSR count). The summed E-state index contributed by atoms with van der Waals surface area (Å²) in [6, 6.07) is 21.4. The predicted molar refractivity (Wildman–Crippen MR) is 257 cm³/mol. The Hall–Kier alpha value is -2.26. The van der Waals surface area contributed by atoms with Gasteiger partial charge in [0, 0.05) is 0 Å². The number of hydrogen-bond acceptors (Lipinski definition) is 0. The lowest BCUT2D eigenvalue weighted by Gasteiger charge is -2.42. The Morgan fingerprint density at radius 3 is 0.607 bits per heavy atom. The second-order valence-corrected chi connectivity index (χ2v) is 21.0. The fourth-order valence-corrected chi connectivity index (χ4v) is 16.2. The van der Waals surface area contributed by atoms with Crippen molar-refractivity contribution in [2.75, 3.05) is 12.3 Å². The van der Waals surface area contributed by atoms with Gasteiger partial charge in [-0.2, -0.15) is 0 Å². The highest BCUT2D eigenvalue weighted by Crippen LogP contribution is 2.51. The van der Waals surface area contributed by atoms with Crippen molar-refractivity contribution < 1.29 is 0 Å². The fraction of sp³-hybridized carbons (Fsp3) is 0.556. The number of rotatable bonds is 20. The summed E-state index contributed by atoms with van der Waals surface area (Å²) < 4.78 is 0. The van der Waals surface area contributed by atoms with Gasteiger partial charge in [0.2, 0.25) is 0 Å². The highest BCUT2D eigenvalue weighted by Gasteiger charge is 2.37. The first-order valence-corrected chi connectivity index (χ1v) is 26.4. The van der Waals surface area contributed by atoms with Crippen molar-refractivity contribution in [1.29, 1.82) is 0 Å². The zero-order chi connectivity index (χ0) is 40.5. The maximum Gasteiger partial charge on any atom is -0.0189 e. The summed E-state index contributed by atoms with van der Waals surface area (Å²) in [6.07, 6.45) is 19.1. The third-order valence-corrected chi connectivity index (χ3v) is 19.0. The van der Waals surface area contributed by atoms with E-state index in [-0.39, 0.29) is 0 Å². The average molecular weight is 789 g/mol. The highest BCUT2D eigenvalue weighted by molar-refractivity contribution is 7.73. The van der Waals surface area contributed by atoms with E-state index in [4.69, 9.17) is 0 Å². The van der Waals surface area contributed by atoms with Crippen LogP contribution >= 0.6 is 15.8 Å². The predicted octanol–water partition coefficient (Wildman–Crippen LogP) is 13.0. The molecule has 56 heavy (non-hydrogen) atoms. The molecule has 1 aliphatic carbocycles. The lowest BCUT2D eigenvalue weighted by atomic mass is 9.76. The Morgan fingerprint density at radius 2 is 0.482 bits per heavy atom. The molecule has 0 saturated heterocycles. The molecule has 0 aliphatic heterocycles. The summed E-state index contributed by atoms with van der Waals surface area (Å²) in [6.45, 7) is 28.5. The molecule has 2 atom stereocenters. The van der Waals surface area contributed by atoms with Crippen LogP contribution in [0.4, 0.5) is 0 Å². The summed E-state index contributed by atoms with van der Waals surface area (Å²) in [5.41, 5.74) is 19.3. The molecule has 2 heteroatoms. The van der Waals surface area contributed by atoms with Gasteiger partial charge in [0.05, 0.1) is 0 Å². The number of aryl methyl sites for hydroxylation is 8. The van der Waals surface area contributed by atoms with Gasteiger partial charge in [0.15, 0.2) is 0 Å². The second-order valence-electron chi connectivity index (χ2n) is 16.5. The van der Waals surface area contributed by atoms with Crippen LogP contribution in [0.3, 0.4) is 0 Å². The van der Waals surface area contributed by atoms with E-state index in [1.165, 1.54) is 25.2 Å². The van der Waals surface area contributed by atoms with Crippen LogP contribution in [-0.2, 0) is 77.0 Å². The van der Waals surface area contributed by atoms with Gasteiger partial charge in [0.1, 0.15) is 0 Å². The van der Waals surface area contributed by atoms with Gasteiger partial charge in [-0.3, -0.25) is 0 Å². The Bertz CT molecular complexity index is 1550. The molecule has 1 fully saturated rings. The Balaban J connectivity index is 1.63. The van der Waals surface area contributed by atoms with Crippen LogP contribution in [0, 0.1) is 11.8 Å². The lowest BCUT2D eigenvalue weighted by molar-refractivity contribution is 0.228. The Labute approximate surface area is 348 Å². The molecule has 2 unspecified atom stereocenters. The molecule has 0 aromatic heterocycles. The first-order valence-electron chi connectivity index (χ1n) is 23.3. The van der Waals surface area contributed by atoms with Crippen LogP contribution in [-0.4, -0.2) is 12.3 Å². The van der Waals surface area contributed by atoms with Crippen LogP contribution in [0.25, 0.3) is 0 Å². The minimum atomic E-state index is -0.465. The van der Waals surface area contributed by atoms with Crippen molar-refractivity contribution in [2.24, 2.45) is 11.8 Å². The summed E-state index contributed by atoms with van der Waals surface area (Å²) >= 11 is 0. The number of hydrogen-bond donors (Lipinski definition) is 0. The molecule has 1 saturated carbocycles. The van der Waals surface area contributed by atoms with E-state index in [0.29, 0.717) is 0 Å². The Morgan fingerprint density at radius 1 is 0.304 bits per heavy atom. The largest absolute Gasteiger partial charge is 0.0613 e. The van der Waals surface area contributed by atoms with Crippen LogP contribution in [0.5, 0.6) is 0 Å². The molecule has 0 nitrogen and oxygen atoms in total. The van der Waals surface area contributed by atoms with Crippen molar-refractivity contribution in [3.8, 4) is 0 Å². The summed E-state index contributed by atoms with van der Waals surface area (Å²) in [7, 11) is -0.929. The monoisotopic (exact) mass is 789 g/mol. The van der Waals surface area contributed by atoms with Gasteiger partial charge in [-0.25, -0.2) is 0 Å². The molecule has 0 spiro atoms. The first kappa shape index (κ1) is 44.8. The molecule has 304 valence electrons. The van der Waals surface area contributed by atoms with E-state index in [1.54, 1.807) is 88.0 Å². The minimum absolute atomic E-state index is 0.465. The second kappa shape index (κ2) is 21.1. The molecule has 1 aliphatic rings. The molecule has 0 heterocycles. The smallest absolute Gasteiger partial charge is 0.0189 e. The normalized spacial score (nSPS) is 15.6. The summed E-state index contributed by atoms with van der Waals surface area (Å²) in [5.74, 6) is 1.57. The quantitative estimate of drug-likeness (QED) is 0.0783. The highest BCUT2D eigenvalue weighted by atomic mass is 31.1. The molecular weight excluding hydrogens is 711 g/mol. The Kier molecular flexibility index (Phi) is 16.9. The third kappa shape index (κ3) is 9.45. The van der Waals surface area contributed by atoms with Crippen LogP contribution in [0.1, 0.15) is 163 Å². The average Bonchev–Trinajstić information content (AvgIpc) is 3.23. The van der Waals surface area contributed by atoms with Crippen molar-refractivity contribution in [2.45, 2.75) is 173 Å². The summed E-state index contributed by atoms with van der Waals surface area (Å²) in [4.78, 5) is 0. The first-order chi connectivity index (χ1) is 27.2. The van der Waals surface area contributed by atoms with Gasteiger partial charge in [0.25, 0.3) is 0 Å². The van der Waals surface area contributed by atoms with Crippen LogP contribution in [0.15, 0.2) is 48.5 Å². The van der Waals surface area contributed by atoms with E-state index < -0.39 is 15.8 Å². The van der Waals surface area contributed by atoms with Crippen molar-refractivity contribution >= 4 is 37.1 Å². The molecule has 4 aromatic rings. The van der Waals surface area contributed by atoms with Gasteiger partial charge in [-0.15, -0.1) is 0 Å². The van der Waals surface area contributed by atoms with E-state index in [9.17, 15) is 0 Å². The van der Waals surface area contributed by atoms with E-state index in [2.05, 4.69) is 132 Å². The van der Waals surface area contributed by atoms with Gasteiger partial charge >= 0.3 is 0 Å². The molecule has 0 bridgehead atoms. The van der Waals surface area contributed by atoms with Crippen LogP contribution in [0.2, 0.25) is 0 Å². The maximum atomic E-state index is 2.68. The van der Waals surface area contributed by atoms with E-state index >= 15 is 0 Å². The van der Waals surface area contributed by atoms with Crippen molar-refractivity contribution in [1.82, 2.24) is 0 Å². The zero-order valence-electron chi connectivity index (χ0n) is 38.0. The van der Waals surface area contributed by atoms with Crippen molar-refractivity contribution in [3.63, 3.8) is 0 Å².